The van der Waals surface area contributed by atoms with Gasteiger partial charge in [-0.3, -0.25) is 49.5 Å². The van der Waals surface area contributed by atoms with E-state index in [0.717, 1.165) is 37.9 Å². The van der Waals surface area contributed by atoms with Crippen molar-refractivity contribution in [3.05, 3.63) is 81.6 Å². The van der Waals surface area contributed by atoms with Crippen molar-refractivity contribution >= 4 is 65.7 Å². The summed E-state index contributed by atoms with van der Waals surface area (Å²) in [5.74, 6) is -0.0983. The molecule has 2 fully saturated rings. The van der Waals surface area contributed by atoms with Crippen LogP contribution in [0.15, 0.2) is 54.6 Å². The molecule has 499 valence electrons. The van der Waals surface area contributed by atoms with Gasteiger partial charge in [0, 0.05) is 152 Å². The summed E-state index contributed by atoms with van der Waals surface area (Å²) in [6, 6.07) is 16.2. The molecule has 28 nitrogen and oxygen atoms in total. The number of methoxy groups -OCH3 is 1. The molecule has 0 atom stereocenters. The van der Waals surface area contributed by atoms with Crippen LogP contribution in [-0.2, 0) is 87.0 Å². The third-order valence-electron chi connectivity index (χ3n) is 13.7. The average Bonchev–Trinajstić information content (AvgIpc) is 1.54. The Morgan fingerprint density at radius 1 is 0.733 bits per heavy atom. The number of ether oxygens (including phenoxy) is 7. The number of carbonyl (C=O) groups excluding carboxylic acids is 4. The number of aliphatic hydroxyl groups excluding tert-OH is 2. The van der Waals surface area contributed by atoms with Gasteiger partial charge >= 0.3 is 5.97 Å². The van der Waals surface area contributed by atoms with Crippen molar-refractivity contribution in [3.8, 4) is 39.6 Å². The number of amides is 2. The molecule has 3 aliphatic rings. The van der Waals surface area contributed by atoms with E-state index in [9.17, 15) is 34.3 Å². The van der Waals surface area contributed by atoms with Crippen LogP contribution < -0.4 is 20.3 Å². The predicted octanol–water partition coefficient (Wildman–Crippen LogP) is 3.31. The van der Waals surface area contributed by atoms with Crippen LogP contribution in [0, 0.1) is 0 Å². The average molecular weight is 1380 g/mol. The number of morpholine rings is 1. The first-order valence-electron chi connectivity index (χ1n) is 28.6. The molecule has 0 unspecified atom stereocenters. The Balaban J connectivity index is 0.000000552. The Hall–Kier alpha value is -5.35. The van der Waals surface area contributed by atoms with Gasteiger partial charge in [0.2, 0.25) is 5.91 Å². The van der Waals surface area contributed by atoms with Gasteiger partial charge < -0.3 is 79.1 Å². The second-order valence-electron chi connectivity index (χ2n) is 20.1. The molecule has 90 heavy (non-hydrogen) atoms. The smallest absolute Gasteiger partial charge is 0.317 e. The molecule has 2 saturated heterocycles. The number of nitrogens with zero attached hydrogens (tertiary/aromatic N) is 7. The standard InChI is InChI=1S/C30H28Cl2N4O5.C26H49N6O9.CH2O2.2CH4O.Y/c1-30(2)16-40-8-7-35(30)29(37)27-24-15-41-26-14-25(39-3)22(17-5-4-6-20(9-17)34-38)13-23(26)28(24)36(33-27)21-11-18(31)10-19(32)12-21;27-1-15-38-17-19-40-21-22-41-20-18-39-16-2-28-25(35)23-31-7-3-29(11-13-33)5-9-32(24-26(36)37)10-6-30(4-8-31)12-14-34;2-1-3;2*1-2;/h4-6,9-14,34,38H,7-8,15-16H2,1-3H3;13-14,27H,1-12,15-24H2,(H,28,35)(H,36,37);1H,(H,2,3);2*2H,1H3;/q;-1;;;;. The van der Waals surface area contributed by atoms with E-state index in [1.54, 1.807) is 47.0 Å². The maximum Gasteiger partial charge on any atom is 0.317 e. The van der Waals surface area contributed by atoms with Crippen LogP contribution in [-0.4, -0.2) is 288 Å². The molecule has 2 amide bonds. The summed E-state index contributed by atoms with van der Waals surface area (Å²) in [5, 5.41) is 48.2. The van der Waals surface area contributed by atoms with Gasteiger partial charge in [-0.05, 0) is 55.8 Å². The number of carbonyl (C=O) groups is 6. The normalized spacial score (nSPS) is 15.1. The van der Waals surface area contributed by atoms with E-state index in [1.165, 1.54) is 0 Å². The van der Waals surface area contributed by atoms with E-state index < -0.39 is 11.5 Å². The van der Waals surface area contributed by atoms with Crippen LogP contribution in [0.3, 0.4) is 0 Å². The molecule has 8 N–H and O–H groups in total. The molecular weight excluding hydrogens is 1300 g/mol. The van der Waals surface area contributed by atoms with Gasteiger partial charge in [0.05, 0.1) is 115 Å². The number of aromatic nitrogens is 2. The van der Waals surface area contributed by atoms with Gasteiger partial charge in [-0.2, -0.15) is 5.10 Å². The number of benzene rings is 3. The maximum absolute atomic E-state index is 14.1. The first kappa shape index (κ1) is 80.7. The van der Waals surface area contributed by atoms with E-state index in [1.807, 2.05) is 57.7 Å². The molecule has 0 aliphatic carbocycles. The van der Waals surface area contributed by atoms with Gasteiger partial charge in [0.1, 0.15) is 30.7 Å². The number of aliphatic hydroxyl groups is 2. The van der Waals surface area contributed by atoms with E-state index >= 15 is 0 Å². The van der Waals surface area contributed by atoms with Gasteiger partial charge in [0.25, 0.3) is 12.4 Å². The fourth-order valence-corrected chi connectivity index (χ4v) is 9.95. The summed E-state index contributed by atoms with van der Waals surface area (Å²) in [6.07, 6.45) is 1.66. The number of anilines is 1. The summed E-state index contributed by atoms with van der Waals surface area (Å²) in [6.45, 7) is 13.9. The second-order valence-corrected chi connectivity index (χ2v) is 21.0. The predicted molar refractivity (Wildman–Crippen MR) is 333 cm³/mol. The van der Waals surface area contributed by atoms with Crippen molar-refractivity contribution in [2.45, 2.75) is 26.0 Å². The largest absolute Gasteiger partial charge is 0.676 e. The summed E-state index contributed by atoms with van der Waals surface area (Å²) in [4.78, 5) is 78.2. The first-order chi connectivity index (χ1) is 43.1. The fraction of sp³-hybridized carbons (Fsp3) is 0.542. The van der Waals surface area contributed by atoms with E-state index in [-0.39, 0.29) is 90.3 Å². The minimum atomic E-state index is -0.919. The van der Waals surface area contributed by atoms with E-state index in [2.05, 4.69) is 10.8 Å². The fourth-order valence-electron chi connectivity index (χ4n) is 9.43. The molecule has 0 bridgehead atoms. The number of rotatable bonds is 27. The van der Waals surface area contributed by atoms with Crippen molar-refractivity contribution in [2.24, 2.45) is 0 Å². The number of carboxylic acid groups (broad SMARTS) is 2. The van der Waals surface area contributed by atoms with E-state index in [0.29, 0.717) is 187 Å². The second kappa shape index (κ2) is 45.8. The van der Waals surface area contributed by atoms with Crippen molar-refractivity contribution in [1.29, 1.82) is 0 Å². The number of hydrogen-bond acceptors (Lipinski definition) is 22. The summed E-state index contributed by atoms with van der Waals surface area (Å²) >= 11 is 12.8. The Bertz CT molecular complexity index is 2730. The Morgan fingerprint density at radius 3 is 1.78 bits per heavy atom. The molecular formula is C59H87Cl2N10O18Y-. The number of aldehydes is 2. The van der Waals surface area contributed by atoms with Crippen molar-refractivity contribution in [1.82, 2.24) is 39.6 Å². The molecule has 3 aromatic carbocycles. The van der Waals surface area contributed by atoms with Crippen LogP contribution in [0.4, 0.5) is 5.69 Å². The minimum Gasteiger partial charge on any atom is -0.676 e. The number of nitrogens with one attached hydrogen (secondary N) is 3. The number of aliphatic carboxylic acids is 1. The van der Waals surface area contributed by atoms with Gasteiger partial charge in [0.15, 0.2) is 5.69 Å². The monoisotopic (exact) mass is 1380 g/mol. The first-order valence-corrected chi connectivity index (χ1v) is 29.4. The van der Waals surface area contributed by atoms with Crippen LogP contribution in [0.2, 0.25) is 10.0 Å². The molecule has 1 aromatic heterocycles. The SMILES string of the molecule is CO.CO.COc1cc2c(cc1-c1cccc(NO)c1)-c1c(c(C(=O)N3CCOCC3(C)C)nn1-c1cc(Cl)cc(Cl)c1)CO2.O=CO.[NH-]CCOCCOCCOCCOCCNC(=O)CN1CCN(CC=O)CCN(CC(=O)O)CCN(CC=O)CC1.[Y]. The zero-order chi connectivity index (χ0) is 65.6. The van der Waals surface area contributed by atoms with Crippen molar-refractivity contribution in [2.75, 3.05) is 191 Å². The Morgan fingerprint density at radius 2 is 1.27 bits per heavy atom. The van der Waals surface area contributed by atoms with Gasteiger partial charge in [-0.15, -0.1) is 6.54 Å². The zero-order valence-corrected chi connectivity index (χ0v) is 56.2. The molecule has 4 heterocycles. The van der Waals surface area contributed by atoms with Gasteiger partial charge in [-0.25, -0.2) is 4.68 Å². The van der Waals surface area contributed by atoms with Crippen LogP contribution in [0.1, 0.15) is 29.9 Å². The minimum absolute atomic E-state index is 0. The molecule has 0 spiro atoms. The summed E-state index contributed by atoms with van der Waals surface area (Å²) < 4.78 is 40.7. The zero-order valence-electron chi connectivity index (χ0n) is 51.8. The molecule has 31 heteroatoms. The molecule has 7 rings (SSSR count). The number of fused-ring (bicyclic) bond motifs is 3. The van der Waals surface area contributed by atoms with Gasteiger partial charge in [-0.1, -0.05) is 35.3 Å². The number of halogens is 2. The van der Waals surface area contributed by atoms with E-state index in [4.69, 9.17) is 87.3 Å². The third-order valence-corrected chi connectivity index (χ3v) is 14.1. The molecule has 1 radical (unpaired) electrons. The maximum atomic E-state index is 14.1. The van der Waals surface area contributed by atoms with Crippen molar-refractivity contribution in [3.63, 3.8) is 0 Å². The molecule has 3 aliphatic heterocycles. The molecule has 4 aromatic rings. The van der Waals surface area contributed by atoms with Crippen LogP contribution >= 0.6 is 23.2 Å². The topological polar surface area (TPSA) is 350 Å². The third kappa shape index (κ3) is 27.5. The number of hydrogen-bond donors (Lipinski definition) is 7. The van der Waals surface area contributed by atoms with Crippen molar-refractivity contribution < 1.29 is 120 Å². The Kier molecular flexibility index (Phi) is 41.1. The number of carboxylic acids is 1. The summed E-state index contributed by atoms with van der Waals surface area (Å²) in [5.41, 5.74) is 13.7. The Labute approximate surface area is 560 Å². The van der Waals surface area contributed by atoms with Crippen LogP contribution in [0.5, 0.6) is 11.5 Å². The quantitative estimate of drug-likeness (QED) is 0.0256. The summed E-state index contributed by atoms with van der Waals surface area (Å²) in [7, 11) is 3.59. The van der Waals surface area contributed by atoms with Crippen LogP contribution in [0.25, 0.3) is 33.8 Å². The molecule has 0 saturated carbocycles.